The summed E-state index contributed by atoms with van der Waals surface area (Å²) in [5.74, 6) is 0.394. The van der Waals surface area contributed by atoms with Crippen LogP contribution in [0, 0.1) is 0 Å². The summed E-state index contributed by atoms with van der Waals surface area (Å²) in [6.07, 6.45) is 0.682. The first-order valence-electron chi connectivity index (χ1n) is 7.13. The zero-order valence-electron chi connectivity index (χ0n) is 13.5. The number of nitrogens with zero attached hydrogens (tertiary/aromatic N) is 1. The van der Waals surface area contributed by atoms with E-state index in [9.17, 15) is 4.79 Å². The van der Waals surface area contributed by atoms with E-state index in [4.69, 9.17) is 10.5 Å². The number of carbonyl (C=O) groups excluding carboxylic acids is 1. The van der Waals surface area contributed by atoms with Crippen LogP contribution in [0.4, 0.5) is 5.69 Å². The summed E-state index contributed by atoms with van der Waals surface area (Å²) in [6.45, 7) is 6.41. The Morgan fingerprint density at radius 1 is 1.35 bits per heavy atom. The van der Waals surface area contributed by atoms with Crippen molar-refractivity contribution in [3.8, 4) is 5.75 Å². The lowest BCUT2D eigenvalue weighted by atomic mass is 10.2. The highest BCUT2D eigenvalue weighted by Gasteiger charge is 2.17. The lowest BCUT2D eigenvalue weighted by Crippen LogP contribution is -2.24. The number of hydrogen-bond donors (Lipinski definition) is 2. The third kappa shape index (κ3) is 5.82. The Morgan fingerprint density at radius 2 is 2.04 bits per heavy atom. The molecule has 0 aliphatic heterocycles. The quantitative estimate of drug-likeness (QED) is 0.860. The number of amides is 1. The molecule has 3 N–H and O–H groups in total. The lowest BCUT2D eigenvalue weighted by Gasteiger charge is -2.23. The number of ether oxygens (including phenoxy) is 1. The Hall–Kier alpha value is -1.63. The van der Waals surface area contributed by atoms with Gasteiger partial charge in [0.25, 0.3) is 5.91 Å². The fraction of sp³-hybridized carbons (Fsp3) is 0.375. The van der Waals surface area contributed by atoms with Gasteiger partial charge in [0.15, 0.2) is 0 Å². The Kier molecular flexibility index (Phi) is 7.00. The number of nitrogens with two attached hydrogens (primary N) is 1. The number of para-hydroxylation sites is 2. The predicted octanol–water partition coefficient (Wildman–Crippen LogP) is 3.50. The molecule has 5 nitrogen and oxygen atoms in total. The van der Waals surface area contributed by atoms with E-state index in [2.05, 4.69) is 10.3 Å². The molecule has 7 heteroatoms. The number of nitrogens with one attached hydrogen (secondary N) is 1. The fourth-order valence-electron chi connectivity index (χ4n) is 1.83. The second-order valence-corrected chi connectivity index (χ2v) is 6.77. The first kappa shape index (κ1) is 19.4. The van der Waals surface area contributed by atoms with Crippen LogP contribution in [-0.2, 0) is 6.42 Å². The number of carbonyl (C=O) groups is 1. The van der Waals surface area contributed by atoms with Gasteiger partial charge in [-0.3, -0.25) is 4.79 Å². The van der Waals surface area contributed by atoms with Gasteiger partial charge in [0.05, 0.1) is 10.7 Å². The van der Waals surface area contributed by atoms with E-state index in [1.54, 1.807) is 5.38 Å². The van der Waals surface area contributed by atoms with E-state index in [0.29, 0.717) is 30.1 Å². The molecule has 0 saturated heterocycles. The Labute approximate surface area is 146 Å². The summed E-state index contributed by atoms with van der Waals surface area (Å²) in [5.41, 5.74) is 6.20. The number of rotatable bonds is 5. The number of benzene rings is 1. The van der Waals surface area contributed by atoms with Gasteiger partial charge in [-0.15, -0.1) is 23.7 Å². The largest absolute Gasteiger partial charge is 0.486 e. The molecular weight excluding hydrogens is 334 g/mol. The van der Waals surface area contributed by atoms with Crippen LogP contribution in [0.3, 0.4) is 0 Å². The molecule has 0 bridgehead atoms. The van der Waals surface area contributed by atoms with E-state index in [-0.39, 0.29) is 23.9 Å². The summed E-state index contributed by atoms with van der Waals surface area (Å²) < 4.78 is 5.86. The van der Waals surface area contributed by atoms with E-state index >= 15 is 0 Å². The first-order valence-corrected chi connectivity index (χ1v) is 8.01. The summed E-state index contributed by atoms with van der Waals surface area (Å²) >= 11 is 1.44. The molecule has 0 fully saturated rings. The highest BCUT2D eigenvalue weighted by atomic mass is 35.5. The maximum atomic E-state index is 12.3. The minimum Gasteiger partial charge on any atom is -0.486 e. The first-order chi connectivity index (χ1) is 10.4. The fourth-order valence-corrected chi connectivity index (χ4v) is 2.62. The third-order valence-electron chi connectivity index (χ3n) is 2.69. The van der Waals surface area contributed by atoms with Gasteiger partial charge in [0, 0.05) is 11.8 Å². The molecule has 0 aliphatic carbocycles. The van der Waals surface area contributed by atoms with Gasteiger partial charge < -0.3 is 15.8 Å². The van der Waals surface area contributed by atoms with Crippen molar-refractivity contribution in [1.29, 1.82) is 0 Å². The monoisotopic (exact) mass is 355 g/mol. The molecule has 1 heterocycles. The van der Waals surface area contributed by atoms with Crippen LogP contribution in [0.1, 0.15) is 36.3 Å². The molecular formula is C16H22ClN3O2S. The maximum absolute atomic E-state index is 12.3. The van der Waals surface area contributed by atoms with Crippen LogP contribution >= 0.6 is 23.7 Å². The molecule has 23 heavy (non-hydrogen) atoms. The molecule has 1 amide bonds. The van der Waals surface area contributed by atoms with Gasteiger partial charge in [-0.25, -0.2) is 4.98 Å². The van der Waals surface area contributed by atoms with E-state index < -0.39 is 0 Å². The zero-order chi connectivity index (χ0) is 16.2. The Morgan fingerprint density at radius 3 is 2.70 bits per heavy atom. The highest BCUT2D eigenvalue weighted by molar-refractivity contribution is 7.09. The van der Waals surface area contributed by atoms with Gasteiger partial charge in [0.1, 0.15) is 17.0 Å². The third-order valence-corrected chi connectivity index (χ3v) is 3.60. The average molecular weight is 356 g/mol. The van der Waals surface area contributed by atoms with Gasteiger partial charge >= 0.3 is 0 Å². The van der Waals surface area contributed by atoms with E-state index in [0.717, 1.165) is 5.01 Å². The van der Waals surface area contributed by atoms with Crippen molar-refractivity contribution in [2.75, 3.05) is 11.9 Å². The molecule has 2 aromatic rings. The summed E-state index contributed by atoms with van der Waals surface area (Å²) in [6, 6.07) is 7.37. The van der Waals surface area contributed by atoms with Gasteiger partial charge in [-0.1, -0.05) is 12.1 Å². The van der Waals surface area contributed by atoms with E-state index in [1.807, 2.05) is 45.0 Å². The van der Waals surface area contributed by atoms with Crippen LogP contribution < -0.4 is 15.8 Å². The van der Waals surface area contributed by atoms with Crippen LogP contribution in [0.2, 0.25) is 0 Å². The van der Waals surface area contributed by atoms with Crippen LogP contribution in [-0.4, -0.2) is 23.0 Å². The molecule has 1 aromatic carbocycles. The Balaban J connectivity index is 0.00000264. The molecule has 2 rings (SSSR count). The molecule has 0 spiro atoms. The molecule has 0 atom stereocenters. The van der Waals surface area contributed by atoms with Crippen molar-refractivity contribution in [1.82, 2.24) is 4.98 Å². The van der Waals surface area contributed by atoms with Crippen molar-refractivity contribution < 1.29 is 9.53 Å². The summed E-state index contributed by atoms with van der Waals surface area (Å²) in [7, 11) is 0. The predicted molar refractivity (Wildman–Crippen MR) is 96.9 cm³/mol. The standard InChI is InChI=1S/C16H21N3O2S.ClH/c1-16(2,3)21-13-7-5-4-6-11(13)19-15(20)12-10-22-14(18-12)8-9-17;/h4-7,10H,8-9,17H2,1-3H3,(H,19,20);1H. The number of hydrogen-bond acceptors (Lipinski definition) is 5. The second-order valence-electron chi connectivity index (χ2n) is 5.83. The molecule has 0 radical (unpaired) electrons. The molecule has 0 saturated carbocycles. The Bertz CT molecular complexity index is 653. The van der Waals surface area contributed by atoms with Gasteiger partial charge in [-0.2, -0.15) is 0 Å². The number of aromatic nitrogens is 1. The molecule has 0 unspecified atom stereocenters. The average Bonchev–Trinajstić information content (AvgIpc) is 2.88. The van der Waals surface area contributed by atoms with Crippen molar-refractivity contribution in [3.05, 3.63) is 40.3 Å². The van der Waals surface area contributed by atoms with Crippen LogP contribution in [0.25, 0.3) is 0 Å². The van der Waals surface area contributed by atoms with Crippen LogP contribution in [0.15, 0.2) is 29.6 Å². The van der Waals surface area contributed by atoms with Crippen molar-refractivity contribution in [2.45, 2.75) is 32.8 Å². The summed E-state index contributed by atoms with van der Waals surface area (Å²) in [5, 5.41) is 5.46. The van der Waals surface area contributed by atoms with Crippen molar-refractivity contribution in [3.63, 3.8) is 0 Å². The van der Waals surface area contributed by atoms with Gasteiger partial charge in [0.2, 0.25) is 0 Å². The van der Waals surface area contributed by atoms with E-state index in [1.165, 1.54) is 11.3 Å². The zero-order valence-corrected chi connectivity index (χ0v) is 15.1. The smallest absolute Gasteiger partial charge is 0.275 e. The SMILES string of the molecule is CC(C)(C)Oc1ccccc1NC(=O)c1csc(CCN)n1.Cl. The van der Waals surface area contributed by atoms with Crippen molar-refractivity contribution >= 4 is 35.3 Å². The topological polar surface area (TPSA) is 77.2 Å². The normalized spacial score (nSPS) is 10.8. The highest BCUT2D eigenvalue weighted by Crippen LogP contribution is 2.28. The maximum Gasteiger partial charge on any atom is 0.275 e. The number of thiazole rings is 1. The second kappa shape index (κ2) is 8.29. The minimum absolute atomic E-state index is 0. The number of anilines is 1. The van der Waals surface area contributed by atoms with Gasteiger partial charge in [-0.05, 0) is 39.4 Å². The minimum atomic E-state index is -0.338. The van der Waals surface area contributed by atoms with Crippen molar-refractivity contribution in [2.24, 2.45) is 5.73 Å². The molecule has 0 aliphatic rings. The number of halogens is 1. The molecule has 1 aromatic heterocycles. The van der Waals surface area contributed by atoms with Crippen LogP contribution in [0.5, 0.6) is 5.75 Å². The molecule has 126 valence electrons. The lowest BCUT2D eigenvalue weighted by molar-refractivity contribution is 0.101. The summed E-state index contributed by atoms with van der Waals surface area (Å²) in [4.78, 5) is 16.6.